The van der Waals surface area contributed by atoms with Crippen LogP contribution >= 0.6 is 59.4 Å². The zero-order valence-corrected chi connectivity index (χ0v) is 15.7. The first kappa shape index (κ1) is 22.2. The summed E-state index contributed by atoms with van der Waals surface area (Å²) >= 11 is 13.1. The second-order valence-electron chi connectivity index (χ2n) is 4.00. The minimum Gasteiger partial charge on any atom is -0.367 e. The number of hydrogen-bond acceptors (Lipinski definition) is 6. The van der Waals surface area contributed by atoms with Gasteiger partial charge in [0.05, 0.1) is 10.0 Å². The van der Waals surface area contributed by atoms with Crippen molar-refractivity contribution in [3.63, 3.8) is 0 Å². The SMILES string of the molecule is Cl.Cl.NCc1nc(C(=O)NCCNc2ncc(Cl)cc2Cl)cs1. The molecule has 128 valence electrons. The van der Waals surface area contributed by atoms with Crippen molar-refractivity contribution in [1.29, 1.82) is 0 Å². The lowest BCUT2D eigenvalue weighted by atomic mass is 10.4. The Balaban J connectivity index is 0.00000242. The molecule has 0 saturated carbocycles. The molecule has 0 aliphatic carbocycles. The highest BCUT2D eigenvalue weighted by atomic mass is 35.5. The third-order valence-corrected chi connectivity index (χ3v) is 3.84. The van der Waals surface area contributed by atoms with Crippen LogP contribution in [0.5, 0.6) is 0 Å². The number of thiazole rings is 1. The monoisotopic (exact) mass is 417 g/mol. The number of carbonyl (C=O) groups excluding carboxylic acids is 1. The zero-order chi connectivity index (χ0) is 15.2. The van der Waals surface area contributed by atoms with Gasteiger partial charge in [-0.1, -0.05) is 23.2 Å². The number of amides is 1. The van der Waals surface area contributed by atoms with Gasteiger partial charge in [0.1, 0.15) is 16.5 Å². The Morgan fingerprint density at radius 3 is 2.65 bits per heavy atom. The molecule has 0 unspecified atom stereocenters. The molecule has 0 radical (unpaired) electrons. The van der Waals surface area contributed by atoms with Crippen molar-refractivity contribution in [1.82, 2.24) is 15.3 Å². The Labute approximate surface area is 160 Å². The molecule has 2 aromatic heterocycles. The summed E-state index contributed by atoms with van der Waals surface area (Å²) in [5.74, 6) is 0.289. The first-order chi connectivity index (χ1) is 10.1. The van der Waals surface area contributed by atoms with Crippen molar-refractivity contribution >= 4 is 71.1 Å². The Kier molecular flexibility index (Phi) is 10.5. The average Bonchev–Trinajstić information content (AvgIpc) is 2.94. The van der Waals surface area contributed by atoms with Crippen LogP contribution in [0.25, 0.3) is 0 Å². The molecule has 2 rings (SSSR count). The van der Waals surface area contributed by atoms with Crippen LogP contribution in [-0.2, 0) is 6.54 Å². The number of nitrogens with zero attached hydrogens (tertiary/aromatic N) is 2. The Bertz CT molecular complexity index is 640. The van der Waals surface area contributed by atoms with E-state index in [9.17, 15) is 4.79 Å². The van der Waals surface area contributed by atoms with Crippen molar-refractivity contribution in [2.24, 2.45) is 5.73 Å². The first-order valence-corrected chi connectivity index (χ1v) is 7.71. The van der Waals surface area contributed by atoms with Crippen LogP contribution in [0.15, 0.2) is 17.6 Å². The number of hydrogen-bond donors (Lipinski definition) is 3. The van der Waals surface area contributed by atoms with E-state index in [2.05, 4.69) is 20.6 Å². The number of rotatable bonds is 6. The van der Waals surface area contributed by atoms with E-state index in [1.165, 1.54) is 17.5 Å². The standard InChI is InChI=1S/C12H13Cl2N5OS.2ClH/c13-7-3-8(14)11(18-5-7)16-1-2-17-12(20)9-6-21-10(4-15)19-9;;/h3,5-6H,1-2,4,15H2,(H,16,18)(H,17,20);2*1H. The van der Waals surface area contributed by atoms with Gasteiger partial charge in [-0.25, -0.2) is 9.97 Å². The summed E-state index contributed by atoms with van der Waals surface area (Å²) in [5, 5.41) is 9.07. The fourth-order valence-corrected chi connectivity index (χ4v) is 2.60. The quantitative estimate of drug-likeness (QED) is 0.627. The summed E-state index contributed by atoms with van der Waals surface area (Å²) in [6.07, 6.45) is 1.50. The molecule has 0 fully saturated rings. The number of pyridine rings is 1. The maximum atomic E-state index is 11.8. The average molecular weight is 419 g/mol. The van der Waals surface area contributed by atoms with Gasteiger partial charge in [-0.2, -0.15) is 0 Å². The summed E-state index contributed by atoms with van der Waals surface area (Å²) in [5.41, 5.74) is 5.83. The highest BCUT2D eigenvalue weighted by molar-refractivity contribution is 7.09. The van der Waals surface area contributed by atoms with Crippen LogP contribution in [0.4, 0.5) is 5.82 Å². The number of carbonyl (C=O) groups is 1. The molecule has 4 N–H and O–H groups in total. The molecule has 2 aromatic rings. The molecule has 0 spiro atoms. The summed E-state index contributed by atoms with van der Waals surface area (Å²) in [4.78, 5) is 20.0. The van der Waals surface area contributed by atoms with Gasteiger partial charge in [-0.3, -0.25) is 4.79 Å². The van der Waals surface area contributed by atoms with Gasteiger partial charge in [-0.05, 0) is 6.07 Å². The molecular weight excluding hydrogens is 404 g/mol. The second-order valence-corrected chi connectivity index (χ2v) is 5.78. The molecular formula is C12H15Cl4N5OS. The molecule has 6 nitrogen and oxygen atoms in total. The zero-order valence-electron chi connectivity index (χ0n) is 11.7. The summed E-state index contributed by atoms with van der Waals surface area (Å²) < 4.78 is 0. The minimum atomic E-state index is -0.233. The normalized spacial score (nSPS) is 9.52. The molecule has 0 bridgehead atoms. The van der Waals surface area contributed by atoms with E-state index in [4.69, 9.17) is 28.9 Å². The molecule has 11 heteroatoms. The Hall–Kier alpha value is -0.830. The van der Waals surface area contributed by atoms with Gasteiger partial charge in [0.25, 0.3) is 5.91 Å². The lowest BCUT2D eigenvalue weighted by Crippen LogP contribution is -2.29. The summed E-state index contributed by atoms with van der Waals surface area (Å²) in [6, 6.07) is 1.60. The first-order valence-electron chi connectivity index (χ1n) is 6.07. The predicted octanol–water partition coefficient (Wildman–Crippen LogP) is 2.99. The van der Waals surface area contributed by atoms with Crippen LogP contribution in [0, 0.1) is 0 Å². The molecule has 23 heavy (non-hydrogen) atoms. The second kappa shape index (κ2) is 10.9. The van der Waals surface area contributed by atoms with E-state index in [1.807, 2.05) is 0 Å². The van der Waals surface area contributed by atoms with Gasteiger partial charge in [0, 0.05) is 31.2 Å². The molecule has 2 heterocycles. The highest BCUT2D eigenvalue weighted by Crippen LogP contribution is 2.21. The van der Waals surface area contributed by atoms with Gasteiger partial charge in [-0.15, -0.1) is 36.2 Å². The van der Waals surface area contributed by atoms with Crippen LogP contribution in [0.3, 0.4) is 0 Å². The molecule has 0 saturated heterocycles. The van der Waals surface area contributed by atoms with Crippen LogP contribution in [0.2, 0.25) is 10.0 Å². The van der Waals surface area contributed by atoms with Crippen molar-refractivity contribution in [2.75, 3.05) is 18.4 Å². The third kappa shape index (κ3) is 6.66. The van der Waals surface area contributed by atoms with Crippen LogP contribution < -0.4 is 16.4 Å². The van der Waals surface area contributed by atoms with E-state index >= 15 is 0 Å². The van der Waals surface area contributed by atoms with Gasteiger partial charge in [0.15, 0.2) is 0 Å². The number of nitrogens with one attached hydrogen (secondary N) is 2. The smallest absolute Gasteiger partial charge is 0.270 e. The molecule has 1 amide bonds. The van der Waals surface area contributed by atoms with E-state index in [-0.39, 0.29) is 30.7 Å². The molecule has 0 atom stereocenters. The number of halogens is 4. The van der Waals surface area contributed by atoms with E-state index in [0.29, 0.717) is 41.2 Å². The van der Waals surface area contributed by atoms with Gasteiger partial charge >= 0.3 is 0 Å². The van der Waals surface area contributed by atoms with Crippen molar-refractivity contribution < 1.29 is 4.79 Å². The topological polar surface area (TPSA) is 92.9 Å². The van der Waals surface area contributed by atoms with Crippen LogP contribution in [0.1, 0.15) is 15.5 Å². The largest absolute Gasteiger partial charge is 0.367 e. The van der Waals surface area contributed by atoms with E-state index in [0.717, 1.165) is 5.01 Å². The fourth-order valence-electron chi connectivity index (χ4n) is 1.50. The number of nitrogens with two attached hydrogens (primary N) is 1. The fraction of sp³-hybridized carbons (Fsp3) is 0.250. The molecule has 0 aliphatic rings. The lowest BCUT2D eigenvalue weighted by Gasteiger charge is -2.08. The third-order valence-electron chi connectivity index (χ3n) is 2.47. The Morgan fingerprint density at radius 2 is 2.04 bits per heavy atom. The van der Waals surface area contributed by atoms with Crippen molar-refractivity contribution in [3.8, 4) is 0 Å². The number of aromatic nitrogens is 2. The summed E-state index contributed by atoms with van der Waals surface area (Å²) in [6.45, 7) is 1.23. The molecule has 0 aromatic carbocycles. The Morgan fingerprint density at radius 1 is 1.30 bits per heavy atom. The molecule has 0 aliphatic heterocycles. The predicted molar refractivity (Wildman–Crippen MR) is 99.6 cm³/mol. The van der Waals surface area contributed by atoms with Crippen molar-refractivity contribution in [3.05, 3.63) is 38.4 Å². The number of anilines is 1. The maximum absolute atomic E-state index is 11.8. The van der Waals surface area contributed by atoms with Gasteiger partial charge < -0.3 is 16.4 Å². The van der Waals surface area contributed by atoms with E-state index in [1.54, 1.807) is 11.4 Å². The summed E-state index contributed by atoms with van der Waals surface area (Å²) in [7, 11) is 0. The van der Waals surface area contributed by atoms with Crippen LogP contribution in [-0.4, -0.2) is 29.0 Å². The minimum absolute atomic E-state index is 0. The maximum Gasteiger partial charge on any atom is 0.270 e. The lowest BCUT2D eigenvalue weighted by molar-refractivity contribution is 0.0950. The van der Waals surface area contributed by atoms with Crippen molar-refractivity contribution in [2.45, 2.75) is 6.54 Å². The van der Waals surface area contributed by atoms with E-state index < -0.39 is 0 Å². The highest BCUT2D eigenvalue weighted by Gasteiger charge is 2.09. The van der Waals surface area contributed by atoms with Gasteiger partial charge in [0.2, 0.25) is 0 Å².